The van der Waals surface area contributed by atoms with Gasteiger partial charge in [0, 0.05) is 0 Å². The molecule has 0 saturated carbocycles. The highest BCUT2D eigenvalue weighted by molar-refractivity contribution is 5.86. The first-order valence-electron chi connectivity index (χ1n) is 8.53. The van der Waals surface area contributed by atoms with E-state index in [1.807, 2.05) is 26.0 Å². The summed E-state index contributed by atoms with van der Waals surface area (Å²) < 4.78 is 12.9. The van der Waals surface area contributed by atoms with Crippen LogP contribution in [0.3, 0.4) is 0 Å². The molecule has 0 aliphatic rings. The molecule has 0 unspecified atom stereocenters. The Kier molecular flexibility index (Phi) is 4.26. The zero-order valence-corrected chi connectivity index (χ0v) is 15.5. The SMILES string of the molecule is COC(=O)c1ccc(Cn2cnc3c(nnn3-c3cc(C)cc(C)c3)c2=O)o1. The van der Waals surface area contributed by atoms with Gasteiger partial charge in [-0.25, -0.2) is 9.78 Å². The number of furan rings is 1. The summed E-state index contributed by atoms with van der Waals surface area (Å²) in [7, 11) is 1.27. The van der Waals surface area contributed by atoms with Gasteiger partial charge in [0.1, 0.15) is 12.1 Å². The van der Waals surface area contributed by atoms with Crippen molar-refractivity contribution in [2.45, 2.75) is 20.4 Å². The second kappa shape index (κ2) is 6.76. The van der Waals surface area contributed by atoms with E-state index in [4.69, 9.17) is 4.42 Å². The number of fused-ring (bicyclic) bond motifs is 1. The first-order valence-corrected chi connectivity index (χ1v) is 8.53. The Labute approximate surface area is 159 Å². The smallest absolute Gasteiger partial charge is 0.373 e. The van der Waals surface area contributed by atoms with Crippen LogP contribution in [0, 0.1) is 13.8 Å². The lowest BCUT2D eigenvalue weighted by Gasteiger charge is -2.06. The summed E-state index contributed by atoms with van der Waals surface area (Å²) >= 11 is 0. The van der Waals surface area contributed by atoms with E-state index in [1.54, 1.807) is 10.7 Å². The van der Waals surface area contributed by atoms with E-state index in [0.29, 0.717) is 11.4 Å². The topological polar surface area (TPSA) is 105 Å². The van der Waals surface area contributed by atoms with Crippen molar-refractivity contribution in [1.82, 2.24) is 24.5 Å². The molecule has 0 bridgehead atoms. The van der Waals surface area contributed by atoms with Gasteiger partial charge in [-0.3, -0.25) is 9.36 Å². The minimum atomic E-state index is -0.580. The van der Waals surface area contributed by atoms with Gasteiger partial charge in [-0.2, -0.15) is 4.68 Å². The Morgan fingerprint density at radius 2 is 1.93 bits per heavy atom. The molecule has 9 heteroatoms. The number of aromatic nitrogens is 5. The minimum Gasteiger partial charge on any atom is -0.463 e. The molecule has 0 fully saturated rings. The maximum Gasteiger partial charge on any atom is 0.373 e. The van der Waals surface area contributed by atoms with Crippen LogP contribution in [0.25, 0.3) is 16.9 Å². The van der Waals surface area contributed by atoms with Crippen molar-refractivity contribution in [3.63, 3.8) is 0 Å². The fourth-order valence-electron chi connectivity index (χ4n) is 3.04. The number of hydrogen-bond donors (Lipinski definition) is 0. The average molecular weight is 379 g/mol. The molecule has 142 valence electrons. The fraction of sp³-hybridized carbons (Fsp3) is 0.211. The van der Waals surface area contributed by atoms with Gasteiger partial charge in [-0.1, -0.05) is 11.3 Å². The number of hydrogen-bond acceptors (Lipinski definition) is 7. The van der Waals surface area contributed by atoms with E-state index in [2.05, 4.69) is 26.1 Å². The molecule has 28 heavy (non-hydrogen) atoms. The summed E-state index contributed by atoms with van der Waals surface area (Å²) in [6, 6.07) is 9.05. The summed E-state index contributed by atoms with van der Waals surface area (Å²) in [6.07, 6.45) is 1.41. The van der Waals surface area contributed by atoms with E-state index >= 15 is 0 Å². The number of benzene rings is 1. The lowest BCUT2D eigenvalue weighted by atomic mass is 10.1. The molecular formula is C19H17N5O4. The Bertz CT molecular complexity index is 1230. The Morgan fingerprint density at radius 1 is 1.18 bits per heavy atom. The number of methoxy groups -OCH3 is 1. The van der Waals surface area contributed by atoms with Gasteiger partial charge in [0.15, 0.2) is 11.2 Å². The normalized spacial score (nSPS) is 11.1. The lowest BCUT2D eigenvalue weighted by Crippen LogP contribution is -2.21. The number of esters is 1. The van der Waals surface area contributed by atoms with E-state index in [1.165, 1.54) is 24.1 Å². The predicted octanol–water partition coefficient (Wildman–Crippen LogP) is 2.02. The van der Waals surface area contributed by atoms with Crippen molar-refractivity contribution in [2.24, 2.45) is 0 Å². The first-order chi connectivity index (χ1) is 13.5. The molecule has 1 aromatic carbocycles. The zero-order valence-electron chi connectivity index (χ0n) is 15.5. The van der Waals surface area contributed by atoms with Gasteiger partial charge in [0.25, 0.3) is 5.56 Å². The molecule has 4 aromatic rings. The van der Waals surface area contributed by atoms with Crippen LogP contribution in [0.1, 0.15) is 27.4 Å². The Hall–Kier alpha value is -3.75. The standard InChI is InChI=1S/C19H17N5O4/c1-11-6-12(2)8-13(7-11)24-17-16(21-22-24)18(25)23(10-20-17)9-14-4-5-15(28-14)19(26)27-3/h4-8,10H,9H2,1-3H3. The molecule has 3 aromatic heterocycles. The predicted molar refractivity (Wildman–Crippen MR) is 99.5 cm³/mol. The molecular weight excluding hydrogens is 362 g/mol. The minimum absolute atomic E-state index is 0.0698. The third-order valence-electron chi connectivity index (χ3n) is 4.25. The number of carbonyl (C=O) groups is 1. The summed E-state index contributed by atoms with van der Waals surface area (Å²) in [5, 5.41) is 8.12. The van der Waals surface area contributed by atoms with Gasteiger partial charge >= 0.3 is 5.97 Å². The molecule has 0 radical (unpaired) electrons. The molecule has 9 nitrogen and oxygen atoms in total. The van der Waals surface area contributed by atoms with Gasteiger partial charge in [0.2, 0.25) is 5.76 Å². The van der Waals surface area contributed by atoms with Crippen LogP contribution in [0.15, 0.2) is 45.9 Å². The van der Waals surface area contributed by atoms with E-state index in [9.17, 15) is 9.59 Å². The molecule has 0 N–H and O–H groups in total. The van der Waals surface area contributed by atoms with Crippen LogP contribution in [0.4, 0.5) is 0 Å². The monoisotopic (exact) mass is 379 g/mol. The van der Waals surface area contributed by atoms with Crippen molar-refractivity contribution < 1.29 is 13.9 Å². The van der Waals surface area contributed by atoms with Crippen molar-refractivity contribution in [3.8, 4) is 5.69 Å². The maximum atomic E-state index is 12.8. The van der Waals surface area contributed by atoms with Gasteiger partial charge in [-0.15, -0.1) is 5.10 Å². The van der Waals surface area contributed by atoms with Gasteiger partial charge in [0.05, 0.1) is 19.3 Å². The van der Waals surface area contributed by atoms with E-state index in [-0.39, 0.29) is 23.4 Å². The number of ether oxygens (including phenoxy) is 1. The highest BCUT2D eigenvalue weighted by Gasteiger charge is 2.16. The lowest BCUT2D eigenvalue weighted by molar-refractivity contribution is 0.0563. The van der Waals surface area contributed by atoms with Crippen LogP contribution >= 0.6 is 0 Å². The summed E-state index contributed by atoms with van der Waals surface area (Å²) in [5.74, 6) is -0.0886. The summed E-state index contributed by atoms with van der Waals surface area (Å²) in [4.78, 5) is 28.6. The maximum absolute atomic E-state index is 12.8. The Balaban J connectivity index is 1.71. The molecule has 0 spiro atoms. The first kappa shape index (κ1) is 17.7. The van der Waals surface area contributed by atoms with Crippen molar-refractivity contribution in [3.05, 3.63) is 69.7 Å². The largest absolute Gasteiger partial charge is 0.463 e. The molecule has 0 atom stereocenters. The van der Waals surface area contributed by atoms with Gasteiger partial charge in [-0.05, 0) is 49.2 Å². The highest BCUT2D eigenvalue weighted by atomic mass is 16.5. The fourth-order valence-corrected chi connectivity index (χ4v) is 3.04. The molecule has 4 rings (SSSR count). The van der Waals surface area contributed by atoms with Crippen LogP contribution in [-0.4, -0.2) is 37.6 Å². The number of carbonyl (C=O) groups excluding carboxylic acids is 1. The zero-order chi connectivity index (χ0) is 19.8. The number of aryl methyl sites for hydroxylation is 2. The van der Waals surface area contributed by atoms with E-state index in [0.717, 1.165) is 16.8 Å². The van der Waals surface area contributed by atoms with E-state index < -0.39 is 5.97 Å². The number of rotatable bonds is 4. The van der Waals surface area contributed by atoms with Crippen molar-refractivity contribution in [2.75, 3.05) is 7.11 Å². The third kappa shape index (κ3) is 3.07. The Morgan fingerprint density at radius 3 is 2.64 bits per heavy atom. The van der Waals surface area contributed by atoms with Crippen molar-refractivity contribution in [1.29, 1.82) is 0 Å². The van der Waals surface area contributed by atoms with Crippen LogP contribution in [0.2, 0.25) is 0 Å². The van der Waals surface area contributed by atoms with Crippen molar-refractivity contribution >= 4 is 17.1 Å². The quantitative estimate of drug-likeness (QED) is 0.500. The average Bonchev–Trinajstić information content (AvgIpc) is 3.30. The van der Waals surface area contributed by atoms with Crippen LogP contribution in [0.5, 0.6) is 0 Å². The summed E-state index contributed by atoms with van der Waals surface area (Å²) in [6.45, 7) is 4.08. The third-order valence-corrected chi connectivity index (χ3v) is 4.25. The second-order valence-electron chi connectivity index (χ2n) is 6.45. The van der Waals surface area contributed by atoms with Crippen LogP contribution < -0.4 is 5.56 Å². The number of nitrogens with zero attached hydrogens (tertiary/aromatic N) is 5. The highest BCUT2D eigenvalue weighted by Crippen LogP contribution is 2.16. The summed E-state index contributed by atoms with van der Waals surface area (Å²) in [5.41, 5.74) is 3.12. The molecule has 0 aliphatic heterocycles. The molecule has 0 amide bonds. The second-order valence-corrected chi connectivity index (χ2v) is 6.45. The molecule has 3 heterocycles. The molecule has 0 aliphatic carbocycles. The van der Waals surface area contributed by atoms with Gasteiger partial charge < -0.3 is 9.15 Å². The molecule has 0 saturated heterocycles. The van der Waals surface area contributed by atoms with Crippen LogP contribution in [-0.2, 0) is 11.3 Å².